The van der Waals surface area contributed by atoms with Gasteiger partial charge in [0.05, 0.1) is 17.0 Å². The van der Waals surface area contributed by atoms with Crippen molar-refractivity contribution in [2.75, 3.05) is 5.73 Å². The van der Waals surface area contributed by atoms with Crippen LogP contribution in [0, 0.1) is 11.3 Å². The number of nitrogen functional groups attached to an aromatic ring is 1. The Hall–Kier alpha value is -1.73. The Morgan fingerprint density at radius 1 is 1.64 bits per heavy atom. The van der Waals surface area contributed by atoms with Gasteiger partial charge in [0.15, 0.2) is 0 Å². The van der Waals surface area contributed by atoms with E-state index in [4.69, 9.17) is 27.7 Å². The second-order valence-electron chi connectivity index (χ2n) is 2.72. The maximum absolute atomic E-state index is 10.5. The lowest BCUT2D eigenvalue weighted by atomic mass is 10.0. The van der Waals surface area contributed by atoms with Gasteiger partial charge in [-0.25, -0.2) is 0 Å². The first-order valence-corrected chi connectivity index (χ1v) is 4.12. The van der Waals surface area contributed by atoms with Crippen molar-refractivity contribution < 1.29 is 9.90 Å². The van der Waals surface area contributed by atoms with Gasteiger partial charge in [-0.3, -0.25) is 4.79 Å². The highest BCUT2D eigenvalue weighted by Crippen LogP contribution is 2.23. The summed E-state index contributed by atoms with van der Waals surface area (Å²) in [5, 5.41) is 17.5. The molecule has 0 radical (unpaired) electrons. The van der Waals surface area contributed by atoms with E-state index in [0.717, 1.165) is 0 Å². The molecule has 0 aliphatic carbocycles. The van der Waals surface area contributed by atoms with Crippen molar-refractivity contribution in [1.29, 1.82) is 5.26 Å². The number of hydrogen-bond donors (Lipinski definition) is 2. The van der Waals surface area contributed by atoms with Crippen LogP contribution in [0.3, 0.4) is 0 Å². The molecule has 72 valence electrons. The van der Waals surface area contributed by atoms with Gasteiger partial charge in [0.2, 0.25) is 0 Å². The van der Waals surface area contributed by atoms with Crippen LogP contribution in [-0.4, -0.2) is 11.1 Å². The zero-order valence-corrected chi connectivity index (χ0v) is 7.88. The van der Waals surface area contributed by atoms with E-state index in [1.165, 1.54) is 12.1 Å². The number of benzene rings is 1. The molecule has 0 aliphatic rings. The first-order chi connectivity index (χ1) is 6.54. The van der Waals surface area contributed by atoms with E-state index in [-0.39, 0.29) is 17.0 Å². The summed E-state index contributed by atoms with van der Waals surface area (Å²) in [6.07, 6.45) is -0.256. The van der Waals surface area contributed by atoms with Crippen LogP contribution in [0.4, 0.5) is 5.69 Å². The van der Waals surface area contributed by atoms with Gasteiger partial charge < -0.3 is 10.8 Å². The maximum atomic E-state index is 10.5. The van der Waals surface area contributed by atoms with Crippen LogP contribution in [0.2, 0.25) is 5.02 Å². The smallest absolute Gasteiger partial charge is 0.307 e. The minimum atomic E-state index is -1.02. The van der Waals surface area contributed by atoms with Crippen molar-refractivity contribution in [2.24, 2.45) is 0 Å². The van der Waals surface area contributed by atoms with E-state index >= 15 is 0 Å². The first-order valence-electron chi connectivity index (χ1n) is 3.74. The summed E-state index contributed by atoms with van der Waals surface area (Å²) >= 11 is 5.72. The minimum Gasteiger partial charge on any atom is -0.481 e. The Kier molecular flexibility index (Phi) is 2.95. The van der Waals surface area contributed by atoms with E-state index in [0.29, 0.717) is 11.3 Å². The lowest BCUT2D eigenvalue weighted by Crippen LogP contribution is -2.03. The summed E-state index contributed by atoms with van der Waals surface area (Å²) in [5.41, 5.74) is 6.33. The molecular formula is C9H7ClN2O2. The zero-order chi connectivity index (χ0) is 10.7. The van der Waals surface area contributed by atoms with Crippen LogP contribution >= 0.6 is 11.6 Å². The van der Waals surface area contributed by atoms with Crippen LogP contribution in [-0.2, 0) is 11.2 Å². The predicted molar refractivity (Wildman–Crippen MR) is 51.9 cm³/mol. The van der Waals surface area contributed by atoms with Gasteiger partial charge in [-0.15, -0.1) is 0 Å². The van der Waals surface area contributed by atoms with Crippen LogP contribution < -0.4 is 5.73 Å². The highest BCUT2D eigenvalue weighted by molar-refractivity contribution is 6.32. The molecule has 4 nitrogen and oxygen atoms in total. The molecule has 0 unspecified atom stereocenters. The number of aliphatic carboxylic acids is 1. The Bertz CT molecular complexity index is 424. The molecule has 5 heteroatoms. The third-order valence-corrected chi connectivity index (χ3v) is 1.95. The molecule has 0 saturated heterocycles. The predicted octanol–water partition coefficient (Wildman–Crippen LogP) is 1.42. The van der Waals surface area contributed by atoms with E-state index in [1.54, 1.807) is 0 Å². The number of nitrogens with two attached hydrogens (primary N) is 1. The summed E-state index contributed by atoms with van der Waals surface area (Å²) in [6.45, 7) is 0. The van der Waals surface area contributed by atoms with Crippen molar-refractivity contribution in [3.63, 3.8) is 0 Å². The van der Waals surface area contributed by atoms with Gasteiger partial charge in [0.25, 0.3) is 0 Å². The fourth-order valence-corrected chi connectivity index (χ4v) is 1.40. The average molecular weight is 211 g/mol. The van der Waals surface area contributed by atoms with Gasteiger partial charge >= 0.3 is 5.97 Å². The van der Waals surface area contributed by atoms with Gasteiger partial charge in [0, 0.05) is 5.69 Å². The number of carbonyl (C=O) groups is 1. The lowest BCUT2D eigenvalue weighted by molar-refractivity contribution is -0.136. The van der Waals surface area contributed by atoms with E-state index < -0.39 is 5.97 Å². The number of carboxylic acid groups (broad SMARTS) is 1. The van der Waals surface area contributed by atoms with Crippen molar-refractivity contribution in [3.05, 3.63) is 28.3 Å². The van der Waals surface area contributed by atoms with E-state index in [1.807, 2.05) is 6.07 Å². The fourth-order valence-electron chi connectivity index (χ4n) is 1.11. The third kappa shape index (κ3) is 2.15. The summed E-state index contributed by atoms with van der Waals surface area (Å²) in [7, 11) is 0. The fraction of sp³-hybridized carbons (Fsp3) is 0.111. The van der Waals surface area contributed by atoms with Crippen LogP contribution in [0.25, 0.3) is 0 Å². The molecule has 0 aliphatic heterocycles. The molecule has 0 saturated carbocycles. The topological polar surface area (TPSA) is 87.1 Å². The van der Waals surface area contributed by atoms with Gasteiger partial charge in [-0.05, 0) is 17.7 Å². The SMILES string of the molecule is N#Cc1c(Cl)cc(N)cc1CC(=O)O. The van der Waals surface area contributed by atoms with Gasteiger partial charge in [0.1, 0.15) is 6.07 Å². The second kappa shape index (κ2) is 3.99. The lowest BCUT2D eigenvalue weighted by Gasteiger charge is -2.04. The molecule has 3 N–H and O–H groups in total. The highest BCUT2D eigenvalue weighted by Gasteiger charge is 2.11. The van der Waals surface area contributed by atoms with Crippen molar-refractivity contribution in [3.8, 4) is 6.07 Å². The van der Waals surface area contributed by atoms with Crippen molar-refractivity contribution in [1.82, 2.24) is 0 Å². The first kappa shape index (κ1) is 10.4. The standard InChI is InChI=1S/C9H7ClN2O2/c10-8-3-6(12)1-5(2-9(13)14)7(8)4-11/h1,3H,2,12H2,(H,13,14). The molecule has 14 heavy (non-hydrogen) atoms. The Labute approximate surface area is 85.5 Å². The molecular weight excluding hydrogens is 204 g/mol. The van der Waals surface area contributed by atoms with Crippen molar-refractivity contribution in [2.45, 2.75) is 6.42 Å². The largest absolute Gasteiger partial charge is 0.481 e. The Morgan fingerprint density at radius 3 is 2.79 bits per heavy atom. The molecule has 1 aromatic rings. The Morgan fingerprint density at radius 2 is 2.29 bits per heavy atom. The van der Waals surface area contributed by atoms with Crippen LogP contribution in [0.5, 0.6) is 0 Å². The van der Waals surface area contributed by atoms with E-state index in [9.17, 15) is 4.79 Å². The summed E-state index contributed by atoms with van der Waals surface area (Å²) in [5.74, 6) is -1.02. The maximum Gasteiger partial charge on any atom is 0.307 e. The van der Waals surface area contributed by atoms with E-state index in [2.05, 4.69) is 0 Å². The molecule has 0 atom stereocenters. The second-order valence-corrected chi connectivity index (χ2v) is 3.13. The number of nitrogens with zero attached hydrogens (tertiary/aromatic N) is 1. The zero-order valence-electron chi connectivity index (χ0n) is 7.12. The number of hydrogen-bond acceptors (Lipinski definition) is 3. The number of halogens is 1. The molecule has 0 spiro atoms. The van der Waals surface area contributed by atoms with Gasteiger partial charge in [-0.2, -0.15) is 5.26 Å². The molecule has 1 rings (SSSR count). The molecule has 0 heterocycles. The highest BCUT2D eigenvalue weighted by atomic mass is 35.5. The molecule has 0 amide bonds. The van der Waals surface area contributed by atoms with Gasteiger partial charge in [-0.1, -0.05) is 11.6 Å². The third-order valence-electron chi connectivity index (χ3n) is 1.65. The van der Waals surface area contributed by atoms with Crippen LogP contribution in [0.1, 0.15) is 11.1 Å². The Balaban J connectivity index is 3.26. The molecule has 1 aromatic carbocycles. The number of anilines is 1. The minimum absolute atomic E-state index is 0.170. The number of rotatable bonds is 2. The quantitative estimate of drug-likeness (QED) is 0.723. The summed E-state index contributed by atoms with van der Waals surface area (Å²) in [4.78, 5) is 10.5. The average Bonchev–Trinajstić information content (AvgIpc) is 2.01. The normalized spacial score (nSPS) is 9.43. The summed E-state index contributed by atoms with van der Waals surface area (Å²) < 4.78 is 0. The molecule has 0 fully saturated rings. The molecule has 0 bridgehead atoms. The van der Waals surface area contributed by atoms with Crippen molar-refractivity contribution >= 4 is 23.3 Å². The number of nitriles is 1. The molecule has 0 aromatic heterocycles. The summed E-state index contributed by atoms with van der Waals surface area (Å²) in [6, 6.07) is 4.71. The number of carboxylic acids is 1. The van der Waals surface area contributed by atoms with Crippen LogP contribution in [0.15, 0.2) is 12.1 Å². The monoisotopic (exact) mass is 210 g/mol.